The minimum atomic E-state index is -0.370. The highest BCUT2D eigenvalue weighted by Gasteiger charge is 2.28. The number of rotatable bonds is 6. The molecule has 8 aromatic carbocycles. The minimum absolute atomic E-state index is 0.158. The third-order valence-corrected chi connectivity index (χ3v) is 11.2. The van der Waals surface area contributed by atoms with E-state index in [1.54, 1.807) is 0 Å². The van der Waals surface area contributed by atoms with Crippen LogP contribution < -0.4 is 10.6 Å². The van der Waals surface area contributed by atoms with Gasteiger partial charge in [-0.25, -0.2) is 4.99 Å². The predicted octanol–water partition coefficient (Wildman–Crippen LogP) is 12.0. The first-order valence-electron chi connectivity index (χ1n) is 19.2. The first-order valence-corrected chi connectivity index (χ1v) is 19.2. The van der Waals surface area contributed by atoms with E-state index >= 15 is 0 Å². The van der Waals surface area contributed by atoms with Crippen molar-refractivity contribution in [2.75, 3.05) is 0 Å². The largest absolute Gasteiger partial charge is 0.350 e. The van der Waals surface area contributed by atoms with Gasteiger partial charge in [-0.05, 0) is 82.4 Å². The fourth-order valence-corrected chi connectivity index (χ4v) is 8.57. The molecule has 0 fully saturated rings. The van der Waals surface area contributed by atoms with Crippen LogP contribution in [-0.2, 0) is 0 Å². The van der Waals surface area contributed by atoms with Gasteiger partial charge in [-0.15, -0.1) is 0 Å². The smallest absolute Gasteiger partial charge is 0.184 e. The zero-order valence-electron chi connectivity index (χ0n) is 30.5. The Labute approximate surface area is 324 Å². The van der Waals surface area contributed by atoms with Crippen LogP contribution in [0.3, 0.4) is 0 Å². The standard InChI is InChI=1S/C51H37N5/c1-4-15-34(16-5-1)36-19-14-20-39(31-36)50-52-49(35-17-6-2-7-18-35)53-51(54-50)56-46-26-13-11-24-42(46)44-33-38(28-30-48(44)56)37-27-29-47-43(32-37)41-23-10-12-25-45(41)55(47)40-21-8-3-9-22-40/h1-33,49,51,53H,(H,52,54). The van der Waals surface area contributed by atoms with Crippen LogP contribution in [0.4, 0.5) is 0 Å². The lowest BCUT2D eigenvalue weighted by molar-refractivity contribution is 0.341. The quantitative estimate of drug-likeness (QED) is 0.180. The Morgan fingerprint density at radius 3 is 1.66 bits per heavy atom. The summed E-state index contributed by atoms with van der Waals surface area (Å²) in [6.07, 6.45) is -0.528. The van der Waals surface area contributed by atoms with Crippen LogP contribution in [-0.4, -0.2) is 15.0 Å². The molecule has 0 saturated heterocycles. The molecule has 266 valence electrons. The van der Waals surface area contributed by atoms with Crippen molar-refractivity contribution < 1.29 is 0 Å². The zero-order chi connectivity index (χ0) is 37.0. The Morgan fingerprint density at radius 1 is 0.393 bits per heavy atom. The van der Waals surface area contributed by atoms with Crippen molar-refractivity contribution in [1.82, 2.24) is 19.8 Å². The highest BCUT2D eigenvalue weighted by molar-refractivity contribution is 6.12. The molecule has 10 aromatic rings. The van der Waals surface area contributed by atoms with Crippen LogP contribution in [0.1, 0.15) is 23.6 Å². The molecule has 2 unspecified atom stereocenters. The van der Waals surface area contributed by atoms with E-state index in [-0.39, 0.29) is 12.5 Å². The monoisotopic (exact) mass is 719 g/mol. The van der Waals surface area contributed by atoms with E-state index in [1.807, 2.05) is 0 Å². The second-order valence-electron chi connectivity index (χ2n) is 14.5. The van der Waals surface area contributed by atoms with Crippen LogP contribution in [0.15, 0.2) is 205 Å². The predicted molar refractivity (Wildman–Crippen MR) is 232 cm³/mol. The van der Waals surface area contributed by atoms with E-state index in [4.69, 9.17) is 4.99 Å². The van der Waals surface area contributed by atoms with Gasteiger partial charge in [-0.1, -0.05) is 146 Å². The van der Waals surface area contributed by atoms with Gasteiger partial charge < -0.3 is 14.5 Å². The van der Waals surface area contributed by atoms with Crippen molar-refractivity contribution in [3.8, 4) is 27.9 Å². The molecule has 1 aliphatic rings. The molecule has 0 aliphatic carbocycles. The third kappa shape index (κ3) is 5.40. The summed E-state index contributed by atoms with van der Waals surface area (Å²) in [5, 5.41) is 12.5. The molecular formula is C51H37N5. The van der Waals surface area contributed by atoms with Crippen LogP contribution in [0, 0.1) is 0 Å². The summed E-state index contributed by atoms with van der Waals surface area (Å²) in [5.74, 6) is 0.853. The lowest BCUT2D eigenvalue weighted by Crippen LogP contribution is -2.46. The summed E-state index contributed by atoms with van der Waals surface area (Å²) in [5.41, 5.74) is 12.7. The highest BCUT2D eigenvalue weighted by atomic mass is 15.4. The number of benzene rings is 8. The average Bonchev–Trinajstić information content (AvgIpc) is 3.79. The van der Waals surface area contributed by atoms with E-state index in [0.717, 1.165) is 39.2 Å². The molecule has 2 atom stereocenters. The van der Waals surface area contributed by atoms with Crippen molar-refractivity contribution in [2.24, 2.45) is 4.99 Å². The number of para-hydroxylation sites is 3. The molecule has 11 rings (SSSR count). The topological polar surface area (TPSA) is 46.3 Å². The number of nitrogens with one attached hydrogen (secondary N) is 2. The normalized spacial score (nSPS) is 15.7. The van der Waals surface area contributed by atoms with E-state index in [0.29, 0.717) is 0 Å². The first-order chi connectivity index (χ1) is 27.8. The summed E-state index contributed by atoms with van der Waals surface area (Å²) in [4.78, 5) is 5.43. The fraction of sp³-hybridized carbons (Fsp3) is 0.0392. The van der Waals surface area contributed by atoms with Gasteiger partial charge >= 0.3 is 0 Å². The Kier molecular flexibility index (Phi) is 7.64. The van der Waals surface area contributed by atoms with Gasteiger partial charge in [0.15, 0.2) is 6.29 Å². The van der Waals surface area contributed by atoms with E-state index in [1.165, 1.54) is 49.3 Å². The molecule has 0 amide bonds. The molecule has 2 aromatic heterocycles. The molecule has 0 saturated carbocycles. The zero-order valence-corrected chi connectivity index (χ0v) is 30.5. The number of fused-ring (bicyclic) bond motifs is 6. The fourth-order valence-electron chi connectivity index (χ4n) is 8.57. The molecule has 1 aliphatic heterocycles. The van der Waals surface area contributed by atoms with Gasteiger partial charge in [0.2, 0.25) is 0 Å². The highest BCUT2D eigenvalue weighted by Crippen LogP contribution is 2.39. The maximum atomic E-state index is 5.43. The molecule has 5 nitrogen and oxygen atoms in total. The molecule has 0 radical (unpaired) electrons. The van der Waals surface area contributed by atoms with Gasteiger partial charge in [-0.2, -0.15) is 0 Å². The SMILES string of the molecule is c1ccc(-c2cccc(C3=NC(n4c5ccccc5c5cc(-c6ccc7c(c6)c6ccccc6n7-c6ccccc6)ccc54)NC(c4ccccc4)N3)c2)cc1. The summed E-state index contributed by atoms with van der Waals surface area (Å²) in [6.45, 7) is 0. The Hall–Kier alpha value is -7.21. The Bertz CT molecular complexity index is 3090. The van der Waals surface area contributed by atoms with Gasteiger partial charge in [0, 0.05) is 32.8 Å². The number of aromatic nitrogens is 2. The van der Waals surface area contributed by atoms with Crippen LogP contribution >= 0.6 is 0 Å². The average molecular weight is 720 g/mol. The maximum Gasteiger partial charge on any atom is 0.184 e. The van der Waals surface area contributed by atoms with Crippen molar-refractivity contribution in [3.05, 3.63) is 211 Å². The number of nitrogens with zero attached hydrogens (tertiary/aromatic N) is 3. The summed E-state index contributed by atoms with van der Waals surface area (Å²) < 4.78 is 4.73. The third-order valence-electron chi connectivity index (χ3n) is 11.2. The van der Waals surface area contributed by atoms with Crippen molar-refractivity contribution in [2.45, 2.75) is 12.5 Å². The molecule has 0 spiro atoms. The summed E-state index contributed by atoms with van der Waals surface area (Å²) in [6, 6.07) is 71.6. The van der Waals surface area contributed by atoms with Crippen molar-refractivity contribution in [1.29, 1.82) is 0 Å². The van der Waals surface area contributed by atoms with Crippen LogP contribution in [0.25, 0.3) is 71.6 Å². The minimum Gasteiger partial charge on any atom is -0.350 e. The summed E-state index contributed by atoms with van der Waals surface area (Å²) in [7, 11) is 0. The number of aliphatic imine (C=N–C) groups is 1. The maximum absolute atomic E-state index is 5.43. The Morgan fingerprint density at radius 2 is 0.911 bits per heavy atom. The van der Waals surface area contributed by atoms with Crippen LogP contribution in [0.2, 0.25) is 0 Å². The van der Waals surface area contributed by atoms with Crippen LogP contribution in [0.5, 0.6) is 0 Å². The van der Waals surface area contributed by atoms with Gasteiger partial charge in [-0.3, -0.25) is 5.32 Å². The molecule has 0 bridgehead atoms. The van der Waals surface area contributed by atoms with Gasteiger partial charge in [0.05, 0.1) is 22.1 Å². The number of amidine groups is 1. The second kappa shape index (κ2) is 13.3. The lowest BCUT2D eigenvalue weighted by Gasteiger charge is -2.33. The summed E-state index contributed by atoms with van der Waals surface area (Å²) >= 11 is 0. The van der Waals surface area contributed by atoms with Gasteiger partial charge in [0.25, 0.3) is 0 Å². The lowest BCUT2D eigenvalue weighted by atomic mass is 10.0. The van der Waals surface area contributed by atoms with E-state index < -0.39 is 0 Å². The molecular weight excluding hydrogens is 683 g/mol. The number of hydrogen-bond acceptors (Lipinski definition) is 3. The van der Waals surface area contributed by atoms with Gasteiger partial charge in [0.1, 0.15) is 12.0 Å². The second-order valence-corrected chi connectivity index (χ2v) is 14.5. The van der Waals surface area contributed by atoms with E-state index in [9.17, 15) is 0 Å². The molecule has 2 N–H and O–H groups in total. The van der Waals surface area contributed by atoms with Crippen molar-refractivity contribution >= 4 is 49.4 Å². The number of hydrogen-bond donors (Lipinski definition) is 2. The molecule has 3 heterocycles. The first kappa shape index (κ1) is 32.2. The Balaban J connectivity index is 1.05. The molecule has 56 heavy (non-hydrogen) atoms. The van der Waals surface area contributed by atoms with E-state index in [2.05, 4.69) is 220 Å². The molecule has 5 heteroatoms. The van der Waals surface area contributed by atoms with Crippen molar-refractivity contribution in [3.63, 3.8) is 0 Å².